The maximum Gasteiger partial charge on any atom is 0.352 e. The third-order valence-electron chi connectivity index (χ3n) is 2.47. The molecule has 0 aliphatic rings. The third-order valence-corrected chi connectivity index (χ3v) is 3.21. The number of rotatable bonds is 4. The first-order valence-corrected chi connectivity index (χ1v) is 6.07. The van der Waals surface area contributed by atoms with Gasteiger partial charge in [0.1, 0.15) is 5.69 Å². The minimum atomic E-state index is -1.08. The van der Waals surface area contributed by atoms with Gasteiger partial charge in [-0.05, 0) is 34.9 Å². The highest BCUT2D eigenvalue weighted by Crippen LogP contribution is 2.08. The molecule has 2 aromatic heterocycles. The van der Waals surface area contributed by atoms with Gasteiger partial charge < -0.3 is 9.67 Å². The van der Waals surface area contributed by atoms with Crippen LogP contribution in [0.4, 0.5) is 0 Å². The van der Waals surface area contributed by atoms with Crippen molar-refractivity contribution in [3.05, 3.63) is 56.6 Å². The quantitative estimate of drug-likeness (QED) is 0.899. The Morgan fingerprint density at radius 1 is 1.35 bits per heavy atom. The standard InChI is InChI=1S/C12H11NO3S/c14-11-3-1-2-10(12(15)16)13(11)6-4-9-5-7-17-8-9/h1-3,5,7-8H,4,6H2,(H,15,16). The topological polar surface area (TPSA) is 59.3 Å². The molecule has 0 radical (unpaired) electrons. The molecule has 0 aliphatic carbocycles. The van der Waals surface area contributed by atoms with E-state index >= 15 is 0 Å². The number of carboxylic acids is 1. The molecule has 0 aliphatic heterocycles. The smallest absolute Gasteiger partial charge is 0.352 e. The fourth-order valence-corrected chi connectivity index (χ4v) is 2.32. The number of nitrogens with zero attached hydrogens (tertiary/aromatic N) is 1. The molecule has 0 aromatic carbocycles. The first-order valence-electron chi connectivity index (χ1n) is 5.12. The Bertz CT molecular complexity index is 572. The van der Waals surface area contributed by atoms with E-state index < -0.39 is 5.97 Å². The lowest BCUT2D eigenvalue weighted by atomic mass is 10.2. The lowest BCUT2D eigenvalue weighted by Crippen LogP contribution is -2.25. The monoisotopic (exact) mass is 249 g/mol. The van der Waals surface area contributed by atoms with Crippen LogP contribution in [-0.4, -0.2) is 15.6 Å². The minimum absolute atomic E-state index is 0.0349. The summed E-state index contributed by atoms with van der Waals surface area (Å²) in [6.45, 7) is 0.387. The van der Waals surface area contributed by atoms with Crippen molar-refractivity contribution in [1.29, 1.82) is 0 Å². The molecule has 0 fully saturated rings. The molecule has 2 rings (SSSR count). The number of thiophene rings is 1. The number of pyridine rings is 1. The van der Waals surface area contributed by atoms with Crippen molar-refractivity contribution in [2.45, 2.75) is 13.0 Å². The zero-order valence-corrected chi connectivity index (χ0v) is 9.81. The number of carboxylic acid groups (broad SMARTS) is 1. The molecule has 88 valence electrons. The molecule has 0 amide bonds. The van der Waals surface area contributed by atoms with Crippen molar-refractivity contribution in [3.63, 3.8) is 0 Å². The summed E-state index contributed by atoms with van der Waals surface area (Å²) in [6, 6.07) is 6.25. The molecular weight excluding hydrogens is 238 g/mol. The van der Waals surface area contributed by atoms with E-state index in [-0.39, 0.29) is 11.3 Å². The summed E-state index contributed by atoms with van der Waals surface area (Å²) in [5.41, 5.74) is 0.870. The van der Waals surface area contributed by atoms with Crippen LogP contribution < -0.4 is 5.56 Å². The Morgan fingerprint density at radius 2 is 2.18 bits per heavy atom. The molecule has 17 heavy (non-hydrogen) atoms. The summed E-state index contributed by atoms with van der Waals surface area (Å²) in [6.07, 6.45) is 0.660. The van der Waals surface area contributed by atoms with Crippen LogP contribution in [0.2, 0.25) is 0 Å². The SMILES string of the molecule is O=C(O)c1cccc(=O)n1CCc1ccsc1. The van der Waals surface area contributed by atoms with Gasteiger partial charge in [0.2, 0.25) is 0 Å². The second-order valence-corrected chi connectivity index (χ2v) is 4.37. The van der Waals surface area contributed by atoms with Crippen LogP contribution in [0.15, 0.2) is 39.8 Å². The first kappa shape index (κ1) is 11.6. The highest BCUT2D eigenvalue weighted by atomic mass is 32.1. The molecule has 4 nitrogen and oxygen atoms in total. The average molecular weight is 249 g/mol. The normalized spacial score (nSPS) is 10.4. The van der Waals surface area contributed by atoms with Gasteiger partial charge in [-0.1, -0.05) is 6.07 Å². The number of aromatic nitrogens is 1. The fraction of sp³-hybridized carbons (Fsp3) is 0.167. The van der Waals surface area contributed by atoms with Crippen LogP contribution in [0.1, 0.15) is 16.1 Å². The Labute approximate surface area is 102 Å². The zero-order chi connectivity index (χ0) is 12.3. The van der Waals surface area contributed by atoms with Crippen LogP contribution in [-0.2, 0) is 13.0 Å². The van der Waals surface area contributed by atoms with Crippen LogP contribution in [0, 0.1) is 0 Å². The summed E-state index contributed by atoms with van der Waals surface area (Å²) in [5, 5.41) is 12.9. The van der Waals surface area contributed by atoms with Gasteiger partial charge in [-0.3, -0.25) is 4.79 Å². The van der Waals surface area contributed by atoms with Gasteiger partial charge in [-0.15, -0.1) is 0 Å². The molecule has 1 N–H and O–H groups in total. The predicted molar refractivity (Wildman–Crippen MR) is 65.7 cm³/mol. The van der Waals surface area contributed by atoms with E-state index in [4.69, 9.17) is 5.11 Å². The first-order chi connectivity index (χ1) is 8.18. The third kappa shape index (κ3) is 2.62. The van der Waals surface area contributed by atoms with E-state index in [0.717, 1.165) is 5.56 Å². The van der Waals surface area contributed by atoms with Crippen LogP contribution in [0.5, 0.6) is 0 Å². The fourth-order valence-electron chi connectivity index (χ4n) is 1.61. The molecule has 2 aromatic rings. The lowest BCUT2D eigenvalue weighted by molar-refractivity contribution is 0.0683. The maximum absolute atomic E-state index is 11.6. The van der Waals surface area contributed by atoms with Crippen molar-refractivity contribution in [2.75, 3.05) is 0 Å². The van der Waals surface area contributed by atoms with Crippen LogP contribution in [0.25, 0.3) is 0 Å². The van der Waals surface area contributed by atoms with Gasteiger partial charge in [0, 0.05) is 12.6 Å². The second kappa shape index (κ2) is 4.97. The summed E-state index contributed by atoms with van der Waals surface area (Å²) >= 11 is 1.59. The van der Waals surface area contributed by atoms with Gasteiger partial charge in [0.25, 0.3) is 5.56 Å². The van der Waals surface area contributed by atoms with Crippen molar-refractivity contribution in [2.24, 2.45) is 0 Å². The second-order valence-electron chi connectivity index (χ2n) is 3.59. The Kier molecular flexibility index (Phi) is 3.39. The Hall–Kier alpha value is -1.88. The number of hydrogen-bond acceptors (Lipinski definition) is 3. The van der Waals surface area contributed by atoms with E-state index in [1.54, 1.807) is 11.3 Å². The van der Waals surface area contributed by atoms with Gasteiger partial charge in [-0.2, -0.15) is 11.3 Å². The summed E-state index contributed by atoms with van der Waals surface area (Å²) in [4.78, 5) is 22.6. The maximum atomic E-state index is 11.6. The van der Waals surface area contributed by atoms with Gasteiger partial charge in [-0.25, -0.2) is 4.79 Å². The van der Waals surface area contributed by atoms with Crippen LogP contribution >= 0.6 is 11.3 Å². The zero-order valence-electron chi connectivity index (χ0n) is 9.00. The van der Waals surface area contributed by atoms with E-state index in [0.29, 0.717) is 13.0 Å². The number of carbonyl (C=O) groups is 1. The summed E-state index contributed by atoms with van der Waals surface area (Å²) < 4.78 is 1.29. The average Bonchev–Trinajstić information content (AvgIpc) is 2.80. The molecule has 0 atom stereocenters. The molecule has 0 saturated heterocycles. The van der Waals surface area contributed by atoms with Gasteiger partial charge in [0.05, 0.1) is 0 Å². The van der Waals surface area contributed by atoms with Crippen molar-refractivity contribution >= 4 is 17.3 Å². The number of aryl methyl sites for hydroxylation is 1. The number of hydrogen-bond donors (Lipinski definition) is 1. The molecule has 2 heterocycles. The summed E-state index contributed by atoms with van der Waals surface area (Å²) in [7, 11) is 0. The van der Waals surface area contributed by atoms with Crippen LogP contribution in [0.3, 0.4) is 0 Å². The summed E-state index contributed by atoms with van der Waals surface area (Å²) in [5.74, 6) is -1.08. The van der Waals surface area contributed by atoms with Gasteiger partial charge in [0.15, 0.2) is 0 Å². The van der Waals surface area contributed by atoms with E-state index in [2.05, 4.69) is 0 Å². The lowest BCUT2D eigenvalue weighted by Gasteiger charge is -2.08. The van der Waals surface area contributed by atoms with Gasteiger partial charge >= 0.3 is 5.97 Å². The van der Waals surface area contributed by atoms with E-state index in [1.807, 2.05) is 16.8 Å². The Balaban J connectivity index is 2.25. The number of aromatic carboxylic acids is 1. The highest BCUT2D eigenvalue weighted by Gasteiger charge is 2.10. The largest absolute Gasteiger partial charge is 0.477 e. The Morgan fingerprint density at radius 3 is 2.82 bits per heavy atom. The molecule has 0 bridgehead atoms. The molecular formula is C12H11NO3S. The van der Waals surface area contributed by atoms with E-state index in [9.17, 15) is 9.59 Å². The molecule has 5 heteroatoms. The molecule has 0 saturated carbocycles. The predicted octanol–water partition coefficient (Wildman–Crippen LogP) is 1.85. The van der Waals surface area contributed by atoms with E-state index in [1.165, 1.54) is 22.8 Å². The minimum Gasteiger partial charge on any atom is -0.477 e. The van der Waals surface area contributed by atoms with Crippen molar-refractivity contribution in [1.82, 2.24) is 4.57 Å². The molecule has 0 spiro atoms. The molecule has 0 unspecified atom stereocenters. The highest BCUT2D eigenvalue weighted by molar-refractivity contribution is 7.07. The van der Waals surface area contributed by atoms with Crippen molar-refractivity contribution in [3.8, 4) is 0 Å². The van der Waals surface area contributed by atoms with Crippen molar-refractivity contribution < 1.29 is 9.90 Å².